The summed E-state index contributed by atoms with van der Waals surface area (Å²) in [6, 6.07) is 6.74. The van der Waals surface area contributed by atoms with E-state index in [1.165, 1.54) is 0 Å². The zero-order valence-electron chi connectivity index (χ0n) is 12.2. The van der Waals surface area contributed by atoms with Crippen LogP contribution in [-0.2, 0) is 9.59 Å². The molecule has 21 heavy (non-hydrogen) atoms. The summed E-state index contributed by atoms with van der Waals surface area (Å²) in [4.78, 5) is 21.9. The Kier molecular flexibility index (Phi) is 7.94. The molecule has 1 aromatic carbocycles. The molecule has 0 saturated carbocycles. The van der Waals surface area contributed by atoms with Crippen molar-refractivity contribution in [2.45, 2.75) is 51.4 Å². The monoisotopic (exact) mass is 293 g/mol. The molecule has 0 aliphatic rings. The minimum absolute atomic E-state index is 0.231. The molecular formula is C16H23NO4. The molecule has 0 fully saturated rings. The molecule has 0 heterocycles. The lowest BCUT2D eigenvalue weighted by atomic mass is 10.1. The molecule has 0 saturated heterocycles. The average Bonchev–Trinajstić information content (AvgIpc) is 2.44. The molecule has 0 amide bonds. The van der Waals surface area contributed by atoms with Crippen molar-refractivity contribution in [1.82, 2.24) is 0 Å². The molecule has 1 rings (SSSR count). The first-order valence-corrected chi connectivity index (χ1v) is 7.36. The van der Waals surface area contributed by atoms with Gasteiger partial charge in [-0.1, -0.05) is 25.7 Å². The summed E-state index contributed by atoms with van der Waals surface area (Å²) in [5, 5.41) is 8.49. The Hall–Kier alpha value is -2.04. The number of nitrogens with two attached hydrogens (primary N) is 1. The molecule has 0 bridgehead atoms. The van der Waals surface area contributed by atoms with E-state index in [-0.39, 0.29) is 12.4 Å². The van der Waals surface area contributed by atoms with Gasteiger partial charge >= 0.3 is 11.9 Å². The van der Waals surface area contributed by atoms with Gasteiger partial charge in [-0.05, 0) is 37.1 Å². The fourth-order valence-corrected chi connectivity index (χ4v) is 1.97. The number of anilines is 1. The van der Waals surface area contributed by atoms with Crippen LogP contribution in [0.25, 0.3) is 0 Å². The van der Waals surface area contributed by atoms with Gasteiger partial charge in [-0.25, -0.2) is 0 Å². The minimum Gasteiger partial charge on any atom is -0.481 e. The second-order valence-electron chi connectivity index (χ2n) is 5.06. The Bertz CT molecular complexity index is 442. The number of carboxylic acid groups (broad SMARTS) is 1. The number of aliphatic carboxylic acids is 1. The number of carbonyl (C=O) groups excluding carboxylic acids is 1. The van der Waals surface area contributed by atoms with Gasteiger partial charge < -0.3 is 15.6 Å². The largest absolute Gasteiger partial charge is 0.481 e. The Morgan fingerprint density at radius 1 is 0.905 bits per heavy atom. The van der Waals surface area contributed by atoms with Crippen molar-refractivity contribution in [3.8, 4) is 5.75 Å². The molecule has 0 aromatic heterocycles. The van der Waals surface area contributed by atoms with Crippen LogP contribution in [0.1, 0.15) is 51.4 Å². The van der Waals surface area contributed by atoms with Gasteiger partial charge in [0.15, 0.2) is 0 Å². The summed E-state index contributed by atoms with van der Waals surface area (Å²) in [5.74, 6) is -0.450. The summed E-state index contributed by atoms with van der Waals surface area (Å²) < 4.78 is 5.18. The van der Waals surface area contributed by atoms with E-state index in [2.05, 4.69) is 0 Å². The van der Waals surface area contributed by atoms with E-state index in [9.17, 15) is 9.59 Å². The van der Waals surface area contributed by atoms with Crippen LogP contribution in [0, 0.1) is 0 Å². The Labute approximate surface area is 125 Å². The Balaban J connectivity index is 2.01. The number of hydrogen-bond acceptors (Lipinski definition) is 4. The molecule has 0 aliphatic carbocycles. The van der Waals surface area contributed by atoms with Gasteiger partial charge in [-0.2, -0.15) is 0 Å². The number of benzene rings is 1. The van der Waals surface area contributed by atoms with E-state index in [0.717, 1.165) is 38.5 Å². The fourth-order valence-electron chi connectivity index (χ4n) is 1.97. The van der Waals surface area contributed by atoms with Gasteiger partial charge in [-0.15, -0.1) is 0 Å². The van der Waals surface area contributed by atoms with Crippen LogP contribution < -0.4 is 10.5 Å². The third-order valence-electron chi connectivity index (χ3n) is 3.13. The Morgan fingerprint density at radius 2 is 1.43 bits per heavy atom. The lowest BCUT2D eigenvalue weighted by molar-refractivity contribution is -0.137. The molecule has 116 valence electrons. The van der Waals surface area contributed by atoms with E-state index in [1.54, 1.807) is 24.3 Å². The van der Waals surface area contributed by atoms with Crippen LogP contribution >= 0.6 is 0 Å². The first kappa shape index (κ1) is 17.0. The SMILES string of the molecule is Nc1ccc(OC(=O)CCCCCCCCC(=O)O)cc1. The minimum atomic E-state index is -0.736. The lowest BCUT2D eigenvalue weighted by Gasteiger charge is -2.04. The molecule has 5 heteroatoms. The normalized spacial score (nSPS) is 10.3. The Morgan fingerprint density at radius 3 is 2.00 bits per heavy atom. The van der Waals surface area contributed by atoms with E-state index < -0.39 is 5.97 Å². The number of esters is 1. The molecule has 5 nitrogen and oxygen atoms in total. The number of ether oxygens (including phenoxy) is 1. The van der Waals surface area contributed by atoms with E-state index in [0.29, 0.717) is 17.9 Å². The number of carboxylic acids is 1. The lowest BCUT2D eigenvalue weighted by Crippen LogP contribution is -2.07. The number of carbonyl (C=O) groups is 2. The van der Waals surface area contributed by atoms with Crippen molar-refractivity contribution in [3.63, 3.8) is 0 Å². The maximum atomic E-state index is 11.6. The van der Waals surface area contributed by atoms with Crippen molar-refractivity contribution in [1.29, 1.82) is 0 Å². The predicted molar refractivity (Wildman–Crippen MR) is 81.1 cm³/mol. The standard InChI is InChI=1S/C16H23NO4/c17-13-9-11-14(12-10-13)21-16(20)8-6-4-2-1-3-5-7-15(18)19/h9-12H,1-8,17H2,(H,18,19). The predicted octanol–water partition coefficient (Wildman–Crippen LogP) is 3.38. The van der Waals surface area contributed by atoms with Crippen molar-refractivity contribution >= 4 is 17.6 Å². The summed E-state index contributed by atoms with van der Waals surface area (Å²) in [6.07, 6.45) is 6.11. The van der Waals surface area contributed by atoms with Gasteiger partial charge in [-0.3, -0.25) is 9.59 Å². The van der Waals surface area contributed by atoms with E-state index in [1.807, 2.05) is 0 Å². The molecule has 1 aromatic rings. The quantitative estimate of drug-likeness (QED) is 0.299. The van der Waals surface area contributed by atoms with Gasteiger partial charge in [0.05, 0.1) is 0 Å². The molecule has 0 unspecified atom stereocenters. The molecule has 0 atom stereocenters. The molecular weight excluding hydrogens is 270 g/mol. The summed E-state index contributed by atoms with van der Waals surface area (Å²) in [6.45, 7) is 0. The number of unbranched alkanes of at least 4 members (excludes halogenated alkanes) is 5. The summed E-state index contributed by atoms with van der Waals surface area (Å²) in [7, 11) is 0. The number of hydrogen-bond donors (Lipinski definition) is 2. The van der Waals surface area contributed by atoms with Crippen LogP contribution in [-0.4, -0.2) is 17.0 Å². The van der Waals surface area contributed by atoms with Crippen LogP contribution in [0.3, 0.4) is 0 Å². The first-order valence-electron chi connectivity index (χ1n) is 7.36. The van der Waals surface area contributed by atoms with Crippen LogP contribution in [0.2, 0.25) is 0 Å². The second kappa shape index (κ2) is 9.80. The average molecular weight is 293 g/mol. The van der Waals surface area contributed by atoms with Crippen molar-refractivity contribution < 1.29 is 19.4 Å². The maximum absolute atomic E-state index is 11.6. The van der Waals surface area contributed by atoms with Crippen LogP contribution in [0.5, 0.6) is 5.75 Å². The summed E-state index contributed by atoms with van der Waals surface area (Å²) in [5.41, 5.74) is 6.19. The highest BCUT2D eigenvalue weighted by Gasteiger charge is 2.04. The highest BCUT2D eigenvalue weighted by molar-refractivity contribution is 5.72. The second-order valence-corrected chi connectivity index (χ2v) is 5.06. The third-order valence-corrected chi connectivity index (χ3v) is 3.13. The topological polar surface area (TPSA) is 89.6 Å². The van der Waals surface area contributed by atoms with Gasteiger partial charge in [0, 0.05) is 18.5 Å². The van der Waals surface area contributed by atoms with Gasteiger partial charge in [0.1, 0.15) is 5.75 Å². The number of nitrogen functional groups attached to an aromatic ring is 1. The highest BCUT2D eigenvalue weighted by atomic mass is 16.5. The van der Waals surface area contributed by atoms with Gasteiger partial charge in [0.25, 0.3) is 0 Å². The smallest absolute Gasteiger partial charge is 0.311 e. The first-order chi connectivity index (χ1) is 10.1. The maximum Gasteiger partial charge on any atom is 0.311 e. The van der Waals surface area contributed by atoms with E-state index >= 15 is 0 Å². The fraction of sp³-hybridized carbons (Fsp3) is 0.500. The number of rotatable bonds is 10. The van der Waals surface area contributed by atoms with Crippen molar-refractivity contribution in [3.05, 3.63) is 24.3 Å². The van der Waals surface area contributed by atoms with Crippen molar-refractivity contribution in [2.75, 3.05) is 5.73 Å². The summed E-state index contributed by atoms with van der Waals surface area (Å²) >= 11 is 0. The van der Waals surface area contributed by atoms with Crippen molar-refractivity contribution in [2.24, 2.45) is 0 Å². The van der Waals surface area contributed by atoms with Crippen LogP contribution in [0.4, 0.5) is 5.69 Å². The molecule has 0 spiro atoms. The highest BCUT2D eigenvalue weighted by Crippen LogP contribution is 2.15. The zero-order chi connectivity index (χ0) is 15.5. The third kappa shape index (κ3) is 8.68. The van der Waals surface area contributed by atoms with E-state index in [4.69, 9.17) is 15.6 Å². The zero-order valence-corrected chi connectivity index (χ0v) is 12.2. The van der Waals surface area contributed by atoms with Crippen LogP contribution in [0.15, 0.2) is 24.3 Å². The molecule has 0 aliphatic heterocycles. The molecule has 0 radical (unpaired) electrons. The molecule has 3 N–H and O–H groups in total. The van der Waals surface area contributed by atoms with Gasteiger partial charge in [0.2, 0.25) is 0 Å².